The monoisotopic (exact) mass is 487 g/mol. The van der Waals surface area contributed by atoms with Gasteiger partial charge in [-0.2, -0.15) is 0 Å². The van der Waals surface area contributed by atoms with Gasteiger partial charge in [-0.15, -0.1) is 0 Å². The molecule has 0 fully saturated rings. The molecule has 0 atom stereocenters. The number of rotatable bonds is 7. The minimum Gasteiger partial charge on any atom is -0.502 e. The molecule has 4 rings (SSSR count). The molecule has 3 N–H and O–H groups in total. The molecule has 0 aliphatic carbocycles. The van der Waals surface area contributed by atoms with Crippen molar-refractivity contribution in [3.63, 3.8) is 0 Å². The van der Waals surface area contributed by atoms with Crippen LogP contribution in [0.1, 0.15) is 32.0 Å². The first-order chi connectivity index (χ1) is 17.3. The molecule has 0 spiro atoms. The predicted octanol–water partition coefficient (Wildman–Crippen LogP) is 4.52. The van der Waals surface area contributed by atoms with E-state index in [2.05, 4.69) is 10.9 Å². The summed E-state index contributed by atoms with van der Waals surface area (Å²) >= 11 is 0. The Morgan fingerprint density at radius 1 is 1.00 bits per heavy atom. The summed E-state index contributed by atoms with van der Waals surface area (Å²) in [5.41, 5.74) is 6.94. The molecule has 10 nitrogen and oxygen atoms in total. The van der Waals surface area contributed by atoms with Gasteiger partial charge in [-0.25, -0.2) is 0 Å². The van der Waals surface area contributed by atoms with Gasteiger partial charge in [-0.1, -0.05) is 42.0 Å². The van der Waals surface area contributed by atoms with E-state index in [0.717, 1.165) is 23.3 Å². The Balaban J connectivity index is 1.43. The molecular formula is C26H21N3O7. The average molecular weight is 487 g/mol. The molecule has 3 aromatic carbocycles. The lowest BCUT2D eigenvalue weighted by Crippen LogP contribution is -2.41. The van der Waals surface area contributed by atoms with E-state index in [-0.39, 0.29) is 11.3 Å². The van der Waals surface area contributed by atoms with E-state index in [4.69, 9.17) is 9.15 Å². The molecule has 0 unspecified atom stereocenters. The van der Waals surface area contributed by atoms with Crippen LogP contribution in [-0.2, 0) is 6.61 Å². The summed E-state index contributed by atoms with van der Waals surface area (Å²) in [5.74, 6) is -1.58. The number of nitro benzene ring substituents is 1. The van der Waals surface area contributed by atoms with E-state index in [9.17, 15) is 24.8 Å². The fourth-order valence-corrected chi connectivity index (χ4v) is 3.49. The molecule has 0 aliphatic heterocycles. The van der Waals surface area contributed by atoms with Crippen molar-refractivity contribution in [3.8, 4) is 22.6 Å². The highest BCUT2D eigenvalue weighted by Gasteiger charge is 2.20. The number of phenolic OH excluding ortho intramolecular Hbond substituents is 1. The number of amides is 2. The first-order valence-corrected chi connectivity index (χ1v) is 10.8. The predicted molar refractivity (Wildman–Crippen MR) is 129 cm³/mol. The quantitative estimate of drug-likeness (QED) is 0.257. The zero-order chi connectivity index (χ0) is 25.7. The third-order valence-electron chi connectivity index (χ3n) is 5.23. The lowest BCUT2D eigenvalue weighted by atomic mass is 10.1. The van der Waals surface area contributed by atoms with Crippen LogP contribution in [0.4, 0.5) is 5.69 Å². The van der Waals surface area contributed by atoms with Crippen LogP contribution in [0.5, 0.6) is 11.5 Å². The molecular weight excluding hydrogens is 466 g/mol. The number of furan rings is 1. The van der Waals surface area contributed by atoms with Crippen LogP contribution in [0, 0.1) is 17.0 Å². The minimum absolute atomic E-state index is 0.0529. The molecule has 182 valence electrons. The summed E-state index contributed by atoms with van der Waals surface area (Å²) < 4.78 is 11.2. The molecule has 1 aromatic heterocycles. The van der Waals surface area contributed by atoms with Crippen molar-refractivity contribution in [1.82, 2.24) is 10.9 Å². The number of benzene rings is 3. The van der Waals surface area contributed by atoms with Crippen LogP contribution >= 0.6 is 0 Å². The van der Waals surface area contributed by atoms with E-state index >= 15 is 0 Å². The first-order valence-electron chi connectivity index (χ1n) is 10.8. The molecule has 0 aliphatic rings. The van der Waals surface area contributed by atoms with Gasteiger partial charge in [-0.3, -0.25) is 30.6 Å². The number of nitrogens with one attached hydrogen (secondary N) is 2. The molecule has 4 aromatic rings. The van der Waals surface area contributed by atoms with E-state index in [1.54, 1.807) is 30.3 Å². The molecule has 0 bridgehead atoms. The number of aryl methyl sites for hydroxylation is 1. The number of nitro groups is 1. The second-order valence-corrected chi connectivity index (χ2v) is 7.84. The van der Waals surface area contributed by atoms with Crippen LogP contribution in [-0.4, -0.2) is 21.8 Å². The molecule has 0 saturated carbocycles. The number of aromatic hydroxyl groups is 1. The number of hydrogen-bond acceptors (Lipinski definition) is 7. The normalized spacial score (nSPS) is 10.5. The van der Waals surface area contributed by atoms with E-state index in [1.165, 1.54) is 12.3 Å². The SMILES string of the molecule is Cc1cccc(COc2cccc(-c3ccoc3C(=O)NNC(=O)c3ccc(O)c([N+](=O)[O-])c3)c2)c1. The highest BCUT2D eigenvalue weighted by molar-refractivity contribution is 6.01. The Morgan fingerprint density at radius 3 is 2.56 bits per heavy atom. The van der Waals surface area contributed by atoms with Crippen LogP contribution in [0.15, 0.2) is 83.5 Å². The zero-order valence-electron chi connectivity index (χ0n) is 19.1. The fourth-order valence-electron chi connectivity index (χ4n) is 3.49. The Bertz CT molecular complexity index is 1440. The summed E-state index contributed by atoms with van der Waals surface area (Å²) in [6.45, 7) is 2.39. The molecule has 0 radical (unpaired) electrons. The lowest BCUT2D eigenvalue weighted by Gasteiger charge is -2.10. The highest BCUT2D eigenvalue weighted by Crippen LogP contribution is 2.29. The largest absolute Gasteiger partial charge is 0.502 e. The maximum absolute atomic E-state index is 12.7. The Morgan fingerprint density at radius 2 is 1.78 bits per heavy atom. The third-order valence-corrected chi connectivity index (χ3v) is 5.23. The molecule has 0 saturated heterocycles. The summed E-state index contributed by atoms with van der Waals surface area (Å²) in [6, 6.07) is 19.8. The van der Waals surface area contributed by atoms with Gasteiger partial charge in [0.1, 0.15) is 12.4 Å². The Hall–Kier alpha value is -5.12. The smallest absolute Gasteiger partial charge is 0.311 e. The van der Waals surface area contributed by atoms with Crippen LogP contribution in [0.2, 0.25) is 0 Å². The standard InChI is InChI=1S/C26H21N3O7/c1-16-4-2-5-17(12-16)15-36-20-7-3-6-18(13-20)21-10-11-35-24(21)26(32)28-27-25(31)19-8-9-23(30)22(14-19)29(33)34/h2-14,30H,15H2,1H3,(H,27,31)(H,28,32). The van der Waals surface area contributed by atoms with Gasteiger partial charge in [0.2, 0.25) is 5.76 Å². The van der Waals surface area contributed by atoms with Crippen molar-refractivity contribution in [2.75, 3.05) is 0 Å². The minimum atomic E-state index is -0.821. The zero-order valence-corrected chi connectivity index (χ0v) is 19.1. The van der Waals surface area contributed by atoms with E-state index < -0.39 is 28.2 Å². The van der Waals surface area contributed by atoms with Crippen molar-refractivity contribution in [3.05, 3.63) is 112 Å². The van der Waals surface area contributed by atoms with Gasteiger partial charge in [0.15, 0.2) is 5.75 Å². The second-order valence-electron chi connectivity index (χ2n) is 7.84. The summed E-state index contributed by atoms with van der Waals surface area (Å²) in [4.78, 5) is 35.2. The number of phenols is 1. The molecule has 2 amide bonds. The average Bonchev–Trinajstić information content (AvgIpc) is 3.36. The molecule has 1 heterocycles. The maximum atomic E-state index is 12.7. The highest BCUT2D eigenvalue weighted by atomic mass is 16.6. The van der Waals surface area contributed by atoms with Gasteiger partial charge in [0.25, 0.3) is 5.91 Å². The van der Waals surface area contributed by atoms with Crippen LogP contribution in [0.25, 0.3) is 11.1 Å². The topological polar surface area (TPSA) is 144 Å². The Kier molecular flexibility index (Phi) is 6.96. The van der Waals surface area contributed by atoms with E-state index in [0.29, 0.717) is 23.5 Å². The number of nitrogens with zero attached hydrogens (tertiary/aromatic N) is 1. The van der Waals surface area contributed by atoms with Crippen molar-refractivity contribution in [2.45, 2.75) is 13.5 Å². The summed E-state index contributed by atoms with van der Waals surface area (Å²) in [5, 5.41) is 20.5. The fraction of sp³-hybridized carbons (Fsp3) is 0.0769. The molecule has 36 heavy (non-hydrogen) atoms. The second kappa shape index (κ2) is 10.4. The van der Waals surface area contributed by atoms with Crippen molar-refractivity contribution >= 4 is 17.5 Å². The third kappa shape index (κ3) is 5.50. The van der Waals surface area contributed by atoms with Gasteiger partial charge >= 0.3 is 11.6 Å². The van der Waals surface area contributed by atoms with Gasteiger partial charge in [0, 0.05) is 17.2 Å². The van der Waals surface area contributed by atoms with Gasteiger partial charge in [-0.05, 0) is 48.4 Å². The maximum Gasteiger partial charge on any atom is 0.311 e. The van der Waals surface area contributed by atoms with Gasteiger partial charge < -0.3 is 14.3 Å². The van der Waals surface area contributed by atoms with Crippen molar-refractivity contribution in [1.29, 1.82) is 0 Å². The number of hydrogen-bond donors (Lipinski definition) is 3. The van der Waals surface area contributed by atoms with E-state index in [1.807, 2.05) is 31.2 Å². The number of carbonyl (C=O) groups excluding carboxylic acids is 2. The summed E-state index contributed by atoms with van der Waals surface area (Å²) in [6.07, 6.45) is 1.34. The summed E-state index contributed by atoms with van der Waals surface area (Å²) in [7, 11) is 0. The number of carbonyl (C=O) groups is 2. The van der Waals surface area contributed by atoms with Crippen molar-refractivity contribution < 1.29 is 28.8 Å². The number of ether oxygens (including phenoxy) is 1. The number of hydrazine groups is 1. The van der Waals surface area contributed by atoms with Crippen molar-refractivity contribution in [2.24, 2.45) is 0 Å². The van der Waals surface area contributed by atoms with Crippen LogP contribution in [0.3, 0.4) is 0 Å². The first kappa shape index (κ1) is 24.0. The van der Waals surface area contributed by atoms with Crippen LogP contribution < -0.4 is 15.6 Å². The molecule has 10 heteroatoms. The Labute approximate surface area is 205 Å². The lowest BCUT2D eigenvalue weighted by molar-refractivity contribution is -0.385. The van der Waals surface area contributed by atoms with Gasteiger partial charge in [0.05, 0.1) is 11.2 Å².